The molecule has 0 heterocycles. The van der Waals surface area contributed by atoms with Crippen LogP contribution in [0.15, 0.2) is 0 Å². The molecule has 1 atom stereocenters. The molecule has 1 unspecified atom stereocenters. The van der Waals surface area contributed by atoms with Gasteiger partial charge in [0.2, 0.25) is 0 Å². The van der Waals surface area contributed by atoms with Gasteiger partial charge in [0.05, 0.1) is 6.61 Å². The van der Waals surface area contributed by atoms with Gasteiger partial charge in [-0.2, -0.15) is 0 Å². The number of halogens is 1. The lowest BCUT2D eigenvalue weighted by molar-refractivity contribution is 0.148. The van der Waals surface area contributed by atoms with E-state index < -0.39 is 0 Å². The maximum absolute atomic E-state index is 10.8. The minimum atomic E-state index is -0.389. The van der Waals surface area contributed by atoms with E-state index in [2.05, 4.69) is 10.1 Å². The molecule has 0 aliphatic carbocycles. The van der Waals surface area contributed by atoms with Crippen molar-refractivity contribution in [2.45, 2.75) is 26.3 Å². The van der Waals surface area contributed by atoms with Gasteiger partial charge in [0.1, 0.15) is 0 Å². The van der Waals surface area contributed by atoms with Crippen molar-refractivity contribution >= 4 is 17.7 Å². The van der Waals surface area contributed by atoms with E-state index >= 15 is 0 Å². The Kier molecular flexibility index (Phi) is 6.03. The molecular weight excluding hydrogens is 166 g/mol. The number of amides is 1. The average molecular weight is 180 g/mol. The van der Waals surface area contributed by atoms with Gasteiger partial charge in [-0.05, 0) is 13.3 Å². The number of rotatable bonds is 4. The first-order chi connectivity index (χ1) is 5.24. The van der Waals surface area contributed by atoms with Crippen LogP contribution < -0.4 is 5.32 Å². The van der Waals surface area contributed by atoms with E-state index in [0.29, 0.717) is 12.5 Å². The highest BCUT2D eigenvalue weighted by Gasteiger charge is 2.08. The fourth-order valence-electron chi connectivity index (χ4n) is 0.589. The van der Waals surface area contributed by atoms with Crippen LogP contribution in [-0.4, -0.2) is 24.6 Å². The molecule has 0 aromatic heterocycles. The van der Waals surface area contributed by atoms with Crippen molar-refractivity contribution < 1.29 is 9.53 Å². The second kappa shape index (κ2) is 6.28. The van der Waals surface area contributed by atoms with E-state index in [4.69, 9.17) is 11.6 Å². The number of alkyl halides is 1. The van der Waals surface area contributed by atoms with Crippen molar-refractivity contribution in [3.8, 4) is 0 Å². The van der Waals surface area contributed by atoms with Crippen molar-refractivity contribution in [1.29, 1.82) is 0 Å². The van der Waals surface area contributed by atoms with Gasteiger partial charge >= 0.3 is 6.09 Å². The predicted molar refractivity (Wildman–Crippen MR) is 45.0 cm³/mol. The van der Waals surface area contributed by atoms with Gasteiger partial charge in [-0.15, -0.1) is 11.6 Å². The first kappa shape index (κ1) is 10.6. The highest BCUT2D eigenvalue weighted by atomic mass is 35.5. The third-order valence-corrected chi connectivity index (χ3v) is 1.65. The Balaban J connectivity index is 3.54. The number of alkyl carbamates (subject to hydrolysis) is 1. The second-order valence-electron chi connectivity index (χ2n) is 2.12. The van der Waals surface area contributed by atoms with Crippen LogP contribution in [0.25, 0.3) is 0 Å². The highest BCUT2D eigenvalue weighted by molar-refractivity contribution is 6.18. The van der Waals surface area contributed by atoms with E-state index in [-0.39, 0.29) is 12.1 Å². The summed E-state index contributed by atoms with van der Waals surface area (Å²) in [5.41, 5.74) is 0. The van der Waals surface area contributed by atoms with Gasteiger partial charge in [-0.3, -0.25) is 0 Å². The molecule has 11 heavy (non-hydrogen) atoms. The molecule has 0 saturated heterocycles. The van der Waals surface area contributed by atoms with Gasteiger partial charge < -0.3 is 10.1 Å². The Morgan fingerprint density at radius 2 is 2.27 bits per heavy atom. The van der Waals surface area contributed by atoms with E-state index in [0.717, 1.165) is 6.42 Å². The van der Waals surface area contributed by atoms with Crippen LogP contribution in [-0.2, 0) is 4.74 Å². The van der Waals surface area contributed by atoms with Crippen molar-refractivity contribution in [2.24, 2.45) is 0 Å². The van der Waals surface area contributed by atoms with Gasteiger partial charge in [0, 0.05) is 11.9 Å². The molecule has 3 nitrogen and oxygen atoms in total. The minimum absolute atomic E-state index is 0.0238. The summed E-state index contributed by atoms with van der Waals surface area (Å²) in [6, 6.07) is 0.0238. The first-order valence-corrected chi connectivity index (χ1v) is 4.27. The zero-order chi connectivity index (χ0) is 8.69. The molecule has 0 aromatic carbocycles. The molecule has 66 valence electrons. The predicted octanol–water partition coefficient (Wildman–Crippen LogP) is 1.75. The van der Waals surface area contributed by atoms with Crippen LogP contribution in [0.3, 0.4) is 0 Å². The van der Waals surface area contributed by atoms with Crippen LogP contribution in [0.5, 0.6) is 0 Å². The van der Waals surface area contributed by atoms with Gasteiger partial charge in [0.15, 0.2) is 0 Å². The molecule has 0 radical (unpaired) electrons. The molecule has 0 aliphatic heterocycles. The quantitative estimate of drug-likeness (QED) is 0.668. The van der Waals surface area contributed by atoms with Crippen molar-refractivity contribution in [2.75, 3.05) is 12.5 Å². The molecule has 0 aromatic rings. The fourth-order valence-corrected chi connectivity index (χ4v) is 0.885. The topological polar surface area (TPSA) is 38.3 Å². The number of nitrogens with one attached hydrogen (secondary N) is 1. The number of hydrogen-bond donors (Lipinski definition) is 1. The molecule has 0 saturated carbocycles. The molecule has 1 amide bonds. The lowest BCUT2D eigenvalue weighted by Gasteiger charge is -2.12. The molecule has 1 N–H and O–H groups in total. The summed E-state index contributed by atoms with van der Waals surface area (Å²) in [6.07, 6.45) is 0.433. The van der Waals surface area contributed by atoms with E-state index in [1.165, 1.54) is 0 Å². The van der Waals surface area contributed by atoms with E-state index in [1.54, 1.807) is 6.92 Å². The SMILES string of the molecule is CCOC(=O)NC(CC)CCl. The molecule has 0 bridgehead atoms. The first-order valence-electron chi connectivity index (χ1n) is 3.73. The zero-order valence-electron chi connectivity index (χ0n) is 6.89. The standard InChI is InChI=1S/C7H14ClNO2/c1-3-6(5-8)9-7(10)11-4-2/h6H,3-5H2,1-2H3,(H,9,10). The Hall–Kier alpha value is -0.440. The fraction of sp³-hybridized carbons (Fsp3) is 0.857. The Labute approximate surface area is 72.1 Å². The molecule has 0 spiro atoms. The van der Waals surface area contributed by atoms with Crippen LogP contribution in [0.2, 0.25) is 0 Å². The van der Waals surface area contributed by atoms with Crippen LogP contribution >= 0.6 is 11.6 Å². The molecule has 0 aliphatic rings. The Bertz CT molecular complexity index is 115. The smallest absolute Gasteiger partial charge is 0.407 e. The molecule has 4 heteroatoms. The summed E-state index contributed by atoms with van der Waals surface area (Å²) in [4.78, 5) is 10.8. The highest BCUT2D eigenvalue weighted by Crippen LogP contribution is 1.94. The zero-order valence-corrected chi connectivity index (χ0v) is 7.65. The van der Waals surface area contributed by atoms with Crippen molar-refractivity contribution in [1.82, 2.24) is 5.32 Å². The summed E-state index contributed by atoms with van der Waals surface area (Å²) in [5, 5.41) is 2.62. The third kappa shape index (κ3) is 4.90. The van der Waals surface area contributed by atoms with Gasteiger partial charge in [-0.25, -0.2) is 4.79 Å². The summed E-state index contributed by atoms with van der Waals surface area (Å²) in [5.74, 6) is 0.426. The lowest BCUT2D eigenvalue weighted by Crippen LogP contribution is -2.35. The number of carbonyl (C=O) groups is 1. The normalized spacial score (nSPS) is 12.3. The maximum Gasteiger partial charge on any atom is 0.407 e. The second-order valence-corrected chi connectivity index (χ2v) is 2.43. The average Bonchev–Trinajstić information content (AvgIpc) is 2.01. The van der Waals surface area contributed by atoms with Gasteiger partial charge in [-0.1, -0.05) is 6.92 Å². The van der Waals surface area contributed by atoms with Crippen LogP contribution in [0.1, 0.15) is 20.3 Å². The maximum atomic E-state index is 10.8. The largest absolute Gasteiger partial charge is 0.450 e. The van der Waals surface area contributed by atoms with Gasteiger partial charge in [0.25, 0.3) is 0 Å². The number of ether oxygens (including phenoxy) is 1. The van der Waals surface area contributed by atoms with Crippen molar-refractivity contribution in [3.63, 3.8) is 0 Å². The molecule has 0 rings (SSSR count). The summed E-state index contributed by atoms with van der Waals surface area (Å²) in [6.45, 7) is 4.12. The summed E-state index contributed by atoms with van der Waals surface area (Å²) in [7, 11) is 0. The Morgan fingerprint density at radius 3 is 2.64 bits per heavy atom. The Morgan fingerprint density at radius 1 is 1.64 bits per heavy atom. The van der Waals surface area contributed by atoms with Crippen molar-refractivity contribution in [3.05, 3.63) is 0 Å². The van der Waals surface area contributed by atoms with Crippen LogP contribution in [0, 0.1) is 0 Å². The monoisotopic (exact) mass is 179 g/mol. The number of carbonyl (C=O) groups excluding carboxylic acids is 1. The summed E-state index contributed by atoms with van der Waals surface area (Å²) < 4.78 is 4.67. The third-order valence-electron chi connectivity index (χ3n) is 1.28. The van der Waals surface area contributed by atoms with Crippen LogP contribution in [0.4, 0.5) is 4.79 Å². The van der Waals surface area contributed by atoms with E-state index in [9.17, 15) is 4.79 Å². The lowest BCUT2D eigenvalue weighted by atomic mass is 10.3. The molecule has 0 fully saturated rings. The van der Waals surface area contributed by atoms with E-state index in [1.807, 2.05) is 6.92 Å². The number of hydrogen-bond acceptors (Lipinski definition) is 2. The molecular formula is C7H14ClNO2. The minimum Gasteiger partial charge on any atom is -0.450 e. The summed E-state index contributed by atoms with van der Waals surface area (Å²) >= 11 is 5.54.